The SMILES string of the molecule is COC(=O)C1(c2ccccc2)CCN(S(=O)(=O)c2cc(Cl)cc(Cl)c2)C1(C)C(=O)O. The van der Waals surface area contributed by atoms with Crippen molar-refractivity contribution in [1.82, 2.24) is 4.31 Å². The number of methoxy groups -OCH3 is 1. The first-order valence-electron chi connectivity index (χ1n) is 8.88. The van der Waals surface area contributed by atoms with Crippen molar-refractivity contribution in [2.75, 3.05) is 13.7 Å². The third kappa shape index (κ3) is 3.19. The zero-order chi connectivity index (χ0) is 22.3. The molecule has 10 heteroatoms. The summed E-state index contributed by atoms with van der Waals surface area (Å²) in [6, 6.07) is 11.9. The summed E-state index contributed by atoms with van der Waals surface area (Å²) in [6.07, 6.45) is -0.0833. The zero-order valence-corrected chi connectivity index (χ0v) is 18.5. The van der Waals surface area contributed by atoms with E-state index in [2.05, 4.69) is 0 Å². The third-order valence-corrected chi connectivity index (χ3v) is 8.06. The lowest BCUT2D eigenvalue weighted by molar-refractivity contribution is -0.161. The van der Waals surface area contributed by atoms with Crippen LogP contribution < -0.4 is 0 Å². The van der Waals surface area contributed by atoms with E-state index in [4.69, 9.17) is 27.9 Å². The summed E-state index contributed by atoms with van der Waals surface area (Å²) in [5.41, 5.74) is -3.58. The van der Waals surface area contributed by atoms with E-state index in [0.717, 1.165) is 11.4 Å². The zero-order valence-electron chi connectivity index (χ0n) is 16.1. The van der Waals surface area contributed by atoms with Crippen LogP contribution in [0.5, 0.6) is 0 Å². The molecule has 1 heterocycles. The lowest BCUT2D eigenvalue weighted by Gasteiger charge is -2.41. The number of carbonyl (C=O) groups excluding carboxylic acids is 1. The number of hydrogen-bond donors (Lipinski definition) is 1. The average Bonchev–Trinajstić information content (AvgIpc) is 3.03. The summed E-state index contributed by atoms with van der Waals surface area (Å²) >= 11 is 11.9. The summed E-state index contributed by atoms with van der Waals surface area (Å²) in [5, 5.41) is 10.4. The lowest BCUT2D eigenvalue weighted by atomic mass is 9.66. The van der Waals surface area contributed by atoms with Gasteiger partial charge in [0.05, 0.1) is 12.0 Å². The van der Waals surface area contributed by atoms with Gasteiger partial charge in [-0.15, -0.1) is 0 Å². The van der Waals surface area contributed by atoms with Crippen LogP contribution in [-0.4, -0.2) is 49.0 Å². The van der Waals surface area contributed by atoms with Gasteiger partial charge in [0.15, 0.2) is 5.54 Å². The predicted molar refractivity (Wildman–Crippen MR) is 111 cm³/mol. The van der Waals surface area contributed by atoms with Gasteiger partial charge in [0.1, 0.15) is 5.41 Å². The van der Waals surface area contributed by atoms with Gasteiger partial charge in [0.25, 0.3) is 0 Å². The number of hydrogen-bond acceptors (Lipinski definition) is 5. The number of carbonyl (C=O) groups is 2. The molecule has 160 valence electrons. The second kappa shape index (κ2) is 7.85. The monoisotopic (exact) mass is 471 g/mol. The van der Waals surface area contributed by atoms with Crippen LogP contribution in [0.2, 0.25) is 10.0 Å². The Hall–Kier alpha value is -2.13. The number of benzene rings is 2. The standard InChI is InChI=1S/C20H19Cl2NO6S/c1-19(17(24)25)20(18(26)29-2,13-6-4-3-5-7-13)8-9-23(19)30(27,28)16-11-14(21)10-15(22)12-16/h3-7,10-12H,8-9H2,1-2H3,(H,24,25). The Morgan fingerprint density at radius 1 is 1.10 bits per heavy atom. The smallest absolute Gasteiger partial charge is 0.326 e. The molecule has 2 atom stereocenters. The maximum atomic E-state index is 13.5. The van der Waals surface area contributed by atoms with E-state index >= 15 is 0 Å². The van der Waals surface area contributed by atoms with E-state index in [-0.39, 0.29) is 27.9 Å². The highest BCUT2D eigenvalue weighted by molar-refractivity contribution is 7.89. The maximum Gasteiger partial charge on any atom is 0.326 e. The average molecular weight is 472 g/mol. The molecule has 1 fully saturated rings. The topological polar surface area (TPSA) is 101 Å². The summed E-state index contributed by atoms with van der Waals surface area (Å²) < 4.78 is 32.8. The van der Waals surface area contributed by atoms with Gasteiger partial charge in [-0.05, 0) is 37.1 Å². The first-order chi connectivity index (χ1) is 14.0. The minimum absolute atomic E-state index is 0.0830. The third-order valence-electron chi connectivity index (χ3n) is 5.66. The van der Waals surface area contributed by atoms with Crippen molar-refractivity contribution >= 4 is 45.2 Å². The van der Waals surface area contributed by atoms with Gasteiger partial charge in [-0.2, -0.15) is 4.31 Å². The molecule has 1 saturated heterocycles. The lowest BCUT2D eigenvalue weighted by Crippen LogP contribution is -2.63. The Morgan fingerprint density at radius 2 is 1.67 bits per heavy atom. The first kappa shape index (κ1) is 22.6. The van der Waals surface area contributed by atoms with Gasteiger partial charge in [-0.3, -0.25) is 9.59 Å². The number of ether oxygens (including phenoxy) is 1. The first-order valence-corrected chi connectivity index (χ1v) is 11.1. The molecule has 30 heavy (non-hydrogen) atoms. The Balaban J connectivity index is 2.28. The van der Waals surface area contributed by atoms with E-state index in [1.54, 1.807) is 30.3 Å². The minimum Gasteiger partial charge on any atom is -0.480 e. The van der Waals surface area contributed by atoms with Crippen LogP contribution in [0.3, 0.4) is 0 Å². The number of carboxylic acids is 1. The molecular weight excluding hydrogens is 453 g/mol. The number of nitrogens with zero attached hydrogens (tertiary/aromatic N) is 1. The molecule has 0 aromatic heterocycles. The molecular formula is C20H19Cl2NO6S. The van der Waals surface area contributed by atoms with Gasteiger partial charge >= 0.3 is 11.9 Å². The van der Waals surface area contributed by atoms with Gasteiger partial charge in [-0.1, -0.05) is 53.5 Å². The Kier molecular flexibility index (Phi) is 5.90. The van der Waals surface area contributed by atoms with E-state index in [1.165, 1.54) is 25.1 Å². The quantitative estimate of drug-likeness (QED) is 0.670. The van der Waals surface area contributed by atoms with E-state index in [0.29, 0.717) is 5.56 Å². The maximum absolute atomic E-state index is 13.5. The molecule has 7 nitrogen and oxygen atoms in total. The van der Waals surface area contributed by atoms with Crippen molar-refractivity contribution in [2.45, 2.75) is 29.2 Å². The fourth-order valence-electron chi connectivity index (χ4n) is 4.14. The van der Waals surface area contributed by atoms with Crippen LogP contribution in [0.4, 0.5) is 0 Å². The second-order valence-corrected chi connectivity index (χ2v) is 9.81. The molecule has 1 N–H and O–H groups in total. The summed E-state index contributed by atoms with van der Waals surface area (Å²) in [4.78, 5) is 25.4. The molecule has 0 spiro atoms. The fourth-order valence-corrected chi connectivity index (χ4v) is 6.65. The van der Waals surface area contributed by atoms with Crippen LogP contribution in [0.25, 0.3) is 0 Å². The molecule has 1 aliphatic rings. The van der Waals surface area contributed by atoms with E-state index in [9.17, 15) is 23.1 Å². The normalized spacial score (nSPS) is 24.5. The van der Waals surface area contributed by atoms with Gasteiger partial charge in [-0.25, -0.2) is 8.42 Å². The second-order valence-electron chi connectivity index (χ2n) is 7.07. The molecule has 2 unspecified atom stereocenters. The van der Waals surface area contributed by atoms with Crippen molar-refractivity contribution in [3.63, 3.8) is 0 Å². The van der Waals surface area contributed by atoms with Gasteiger partial charge in [0, 0.05) is 16.6 Å². The van der Waals surface area contributed by atoms with Gasteiger partial charge in [0.2, 0.25) is 10.0 Å². The molecule has 3 rings (SSSR count). The highest BCUT2D eigenvalue weighted by Crippen LogP contribution is 2.51. The van der Waals surface area contributed by atoms with Crippen molar-refractivity contribution in [3.05, 3.63) is 64.1 Å². The minimum atomic E-state index is -4.38. The number of carboxylic acid groups (broad SMARTS) is 1. The largest absolute Gasteiger partial charge is 0.480 e. The number of sulfonamides is 1. The number of halogens is 2. The Labute approximate surface area is 184 Å². The molecule has 0 amide bonds. The number of esters is 1. The molecule has 0 saturated carbocycles. The highest BCUT2D eigenvalue weighted by atomic mass is 35.5. The van der Waals surface area contributed by atoms with Crippen LogP contribution in [0.15, 0.2) is 53.4 Å². The van der Waals surface area contributed by atoms with Crippen LogP contribution >= 0.6 is 23.2 Å². The fraction of sp³-hybridized carbons (Fsp3) is 0.300. The number of aliphatic carboxylic acids is 1. The Bertz CT molecular complexity index is 1090. The molecule has 2 aromatic carbocycles. The molecule has 1 aliphatic heterocycles. The number of rotatable bonds is 5. The van der Waals surface area contributed by atoms with Crippen LogP contribution in [0.1, 0.15) is 18.9 Å². The van der Waals surface area contributed by atoms with Crippen molar-refractivity contribution in [3.8, 4) is 0 Å². The highest BCUT2D eigenvalue weighted by Gasteiger charge is 2.69. The van der Waals surface area contributed by atoms with Crippen LogP contribution in [-0.2, 0) is 29.8 Å². The summed E-state index contributed by atoms with van der Waals surface area (Å²) in [7, 11) is -3.24. The van der Waals surface area contributed by atoms with Gasteiger partial charge < -0.3 is 9.84 Å². The van der Waals surface area contributed by atoms with Crippen LogP contribution in [0, 0.1) is 0 Å². The van der Waals surface area contributed by atoms with E-state index in [1.807, 2.05) is 0 Å². The predicted octanol–water partition coefficient (Wildman–Crippen LogP) is 3.34. The summed E-state index contributed by atoms with van der Waals surface area (Å²) in [5.74, 6) is -2.31. The van der Waals surface area contributed by atoms with Crippen molar-refractivity contribution in [2.24, 2.45) is 0 Å². The summed E-state index contributed by atoms with van der Waals surface area (Å²) in [6.45, 7) is 0.995. The molecule has 0 radical (unpaired) electrons. The van der Waals surface area contributed by atoms with Crippen molar-refractivity contribution < 1.29 is 27.9 Å². The molecule has 0 aliphatic carbocycles. The van der Waals surface area contributed by atoms with Crippen molar-refractivity contribution in [1.29, 1.82) is 0 Å². The Morgan fingerprint density at radius 3 is 2.17 bits per heavy atom. The molecule has 0 bridgehead atoms. The molecule has 2 aromatic rings. The van der Waals surface area contributed by atoms with E-state index < -0.39 is 32.9 Å².